The van der Waals surface area contributed by atoms with Gasteiger partial charge in [-0.25, -0.2) is 4.98 Å². The standard InChI is InChI=1S/C15H24N4O2/c1-4-15(5-2)14(21)17-12(3)13(20)19(15)9-6-8-18-10-7-16-11-18/h7,10-12H,4-6,8-9H2,1-3H3,(H,17,21). The van der Waals surface area contributed by atoms with Crippen molar-refractivity contribution in [2.24, 2.45) is 0 Å². The first-order valence-corrected chi connectivity index (χ1v) is 7.63. The van der Waals surface area contributed by atoms with Gasteiger partial charge in [-0.05, 0) is 26.2 Å². The van der Waals surface area contributed by atoms with E-state index in [9.17, 15) is 9.59 Å². The van der Waals surface area contributed by atoms with Crippen molar-refractivity contribution in [3.63, 3.8) is 0 Å². The van der Waals surface area contributed by atoms with Gasteiger partial charge in [0.05, 0.1) is 6.33 Å². The quantitative estimate of drug-likeness (QED) is 0.856. The summed E-state index contributed by atoms with van der Waals surface area (Å²) in [7, 11) is 0. The van der Waals surface area contributed by atoms with Gasteiger partial charge < -0.3 is 14.8 Å². The molecule has 1 aromatic heterocycles. The first-order valence-electron chi connectivity index (χ1n) is 7.63. The highest BCUT2D eigenvalue weighted by atomic mass is 16.2. The van der Waals surface area contributed by atoms with Crippen LogP contribution in [-0.2, 0) is 16.1 Å². The van der Waals surface area contributed by atoms with Crippen molar-refractivity contribution in [1.82, 2.24) is 19.8 Å². The Labute approximate surface area is 125 Å². The summed E-state index contributed by atoms with van der Waals surface area (Å²) in [5.41, 5.74) is -0.696. The Balaban J connectivity index is 2.10. The minimum Gasteiger partial charge on any atom is -0.343 e. The predicted molar refractivity (Wildman–Crippen MR) is 79.5 cm³/mol. The summed E-state index contributed by atoms with van der Waals surface area (Å²) in [5.74, 6) is -0.00818. The van der Waals surface area contributed by atoms with E-state index in [0.717, 1.165) is 13.0 Å². The van der Waals surface area contributed by atoms with E-state index in [1.165, 1.54) is 0 Å². The monoisotopic (exact) mass is 292 g/mol. The smallest absolute Gasteiger partial charge is 0.246 e. The van der Waals surface area contributed by atoms with Crippen LogP contribution in [0.25, 0.3) is 0 Å². The van der Waals surface area contributed by atoms with Crippen LogP contribution in [0.4, 0.5) is 0 Å². The number of aromatic nitrogens is 2. The normalized spacial score (nSPS) is 21.5. The molecule has 1 aromatic rings. The maximum Gasteiger partial charge on any atom is 0.246 e. The average molecular weight is 292 g/mol. The lowest BCUT2D eigenvalue weighted by molar-refractivity contribution is -0.157. The number of hydrogen-bond acceptors (Lipinski definition) is 3. The molecule has 6 nitrogen and oxygen atoms in total. The molecule has 6 heteroatoms. The lowest BCUT2D eigenvalue weighted by Crippen LogP contribution is -2.69. The molecule has 1 saturated heterocycles. The third-order valence-electron chi connectivity index (χ3n) is 4.45. The van der Waals surface area contributed by atoms with Crippen molar-refractivity contribution >= 4 is 11.8 Å². The van der Waals surface area contributed by atoms with Gasteiger partial charge >= 0.3 is 0 Å². The molecule has 21 heavy (non-hydrogen) atoms. The van der Waals surface area contributed by atoms with Crippen LogP contribution in [0, 0.1) is 0 Å². The van der Waals surface area contributed by atoms with Gasteiger partial charge in [0.2, 0.25) is 11.8 Å². The number of aryl methyl sites for hydroxylation is 1. The highest BCUT2D eigenvalue weighted by Crippen LogP contribution is 2.29. The maximum atomic E-state index is 12.5. The Morgan fingerprint density at radius 3 is 2.57 bits per heavy atom. The highest BCUT2D eigenvalue weighted by molar-refractivity contribution is 5.99. The first kappa shape index (κ1) is 15.5. The second-order valence-electron chi connectivity index (χ2n) is 5.58. The molecule has 1 N–H and O–H groups in total. The van der Waals surface area contributed by atoms with E-state index in [1.54, 1.807) is 24.3 Å². The molecule has 0 spiro atoms. The summed E-state index contributed by atoms with van der Waals surface area (Å²) in [6.45, 7) is 7.07. The molecule has 0 aromatic carbocycles. The minimum atomic E-state index is -0.696. The van der Waals surface area contributed by atoms with E-state index >= 15 is 0 Å². The van der Waals surface area contributed by atoms with E-state index in [0.29, 0.717) is 19.4 Å². The fourth-order valence-corrected chi connectivity index (χ4v) is 3.07. The average Bonchev–Trinajstić information content (AvgIpc) is 2.98. The Hall–Kier alpha value is -1.85. The van der Waals surface area contributed by atoms with Gasteiger partial charge in [0.1, 0.15) is 11.6 Å². The molecular formula is C15H24N4O2. The zero-order chi connectivity index (χ0) is 15.5. The fourth-order valence-electron chi connectivity index (χ4n) is 3.07. The van der Waals surface area contributed by atoms with E-state index < -0.39 is 11.6 Å². The summed E-state index contributed by atoms with van der Waals surface area (Å²) in [4.78, 5) is 30.7. The number of rotatable bonds is 6. The molecule has 0 radical (unpaired) electrons. The molecule has 2 rings (SSSR count). The molecule has 1 aliphatic heterocycles. The molecule has 116 valence electrons. The van der Waals surface area contributed by atoms with Crippen LogP contribution in [0.2, 0.25) is 0 Å². The Morgan fingerprint density at radius 1 is 1.29 bits per heavy atom. The molecule has 2 heterocycles. The van der Waals surface area contributed by atoms with Crippen molar-refractivity contribution in [2.75, 3.05) is 6.54 Å². The molecule has 1 unspecified atom stereocenters. The second-order valence-corrected chi connectivity index (χ2v) is 5.58. The second kappa shape index (κ2) is 6.28. The lowest BCUT2D eigenvalue weighted by Gasteiger charge is -2.47. The molecule has 1 atom stereocenters. The number of carbonyl (C=O) groups excluding carboxylic acids is 2. The highest BCUT2D eigenvalue weighted by Gasteiger charge is 2.48. The van der Waals surface area contributed by atoms with Gasteiger partial charge in [-0.1, -0.05) is 13.8 Å². The SMILES string of the molecule is CCC1(CC)C(=O)NC(C)C(=O)N1CCCn1ccnc1. The minimum absolute atomic E-state index is 0.0175. The van der Waals surface area contributed by atoms with Crippen LogP contribution < -0.4 is 5.32 Å². The Morgan fingerprint density at radius 2 is 2.00 bits per heavy atom. The van der Waals surface area contributed by atoms with Gasteiger partial charge in [-0.15, -0.1) is 0 Å². The van der Waals surface area contributed by atoms with Crippen LogP contribution in [0.3, 0.4) is 0 Å². The number of amides is 2. The van der Waals surface area contributed by atoms with Gasteiger partial charge in [0.15, 0.2) is 0 Å². The number of nitrogens with zero attached hydrogens (tertiary/aromatic N) is 3. The van der Waals surface area contributed by atoms with Crippen molar-refractivity contribution < 1.29 is 9.59 Å². The van der Waals surface area contributed by atoms with E-state index in [1.807, 2.05) is 24.6 Å². The zero-order valence-corrected chi connectivity index (χ0v) is 13.0. The predicted octanol–water partition coefficient (Wildman–Crippen LogP) is 1.18. The number of carbonyl (C=O) groups is 2. The van der Waals surface area contributed by atoms with Gasteiger partial charge in [0, 0.05) is 25.5 Å². The van der Waals surface area contributed by atoms with Crippen molar-refractivity contribution in [3.8, 4) is 0 Å². The first-order chi connectivity index (χ1) is 10.0. The van der Waals surface area contributed by atoms with Crippen LogP contribution in [0.5, 0.6) is 0 Å². The summed E-state index contributed by atoms with van der Waals surface area (Å²) >= 11 is 0. The lowest BCUT2D eigenvalue weighted by atomic mass is 9.86. The van der Waals surface area contributed by atoms with E-state index in [2.05, 4.69) is 10.3 Å². The Bertz CT molecular complexity index is 494. The molecule has 0 aliphatic carbocycles. The van der Waals surface area contributed by atoms with Crippen LogP contribution in [0.1, 0.15) is 40.0 Å². The van der Waals surface area contributed by atoms with Gasteiger partial charge in [0.25, 0.3) is 0 Å². The van der Waals surface area contributed by atoms with Crippen molar-refractivity contribution in [2.45, 2.75) is 58.2 Å². The van der Waals surface area contributed by atoms with Crippen molar-refractivity contribution in [3.05, 3.63) is 18.7 Å². The zero-order valence-electron chi connectivity index (χ0n) is 13.0. The molecule has 1 fully saturated rings. The molecule has 2 amide bonds. The summed E-state index contributed by atoms with van der Waals surface area (Å²) < 4.78 is 1.98. The topological polar surface area (TPSA) is 67.2 Å². The van der Waals surface area contributed by atoms with Gasteiger partial charge in [-0.3, -0.25) is 9.59 Å². The van der Waals surface area contributed by atoms with Gasteiger partial charge in [-0.2, -0.15) is 0 Å². The summed E-state index contributed by atoms with van der Waals surface area (Å²) in [6.07, 6.45) is 7.49. The number of nitrogens with one attached hydrogen (secondary N) is 1. The molecule has 0 bridgehead atoms. The van der Waals surface area contributed by atoms with E-state index in [4.69, 9.17) is 0 Å². The largest absolute Gasteiger partial charge is 0.343 e. The van der Waals surface area contributed by atoms with E-state index in [-0.39, 0.29) is 11.8 Å². The Kier molecular flexibility index (Phi) is 4.65. The number of hydrogen-bond donors (Lipinski definition) is 1. The maximum absolute atomic E-state index is 12.5. The third kappa shape index (κ3) is 2.80. The van der Waals surface area contributed by atoms with Crippen LogP contribution >= 0.6 is 0 Å². The summed E-state index contributed by atoms with van der Waals surface area (Å²) in [5, 5.41) is 2.81. The van der Waals surface area contributed by atoms with Crippen molar-refractivity contribution in [1.29, 1.82) is 0 Å². The third-order valence-corrected chi connectivity index (χ3v) is 4.45. The van der Waals surface area contributed by atoms with Crippen LogP contribution in [-0.4, -0.2) is 44.4 Å². The number of piperazine rings is 1. The van der Waals surface area contributed by atoms with Crippen LogP contribution in [0.15, 0.2) is 18.7 Å². The molecular weight excluding hydrogens is 268 g/mol. The fraction of sp³-hybridized carbons (Fsp3) is 0.667. The summed E-state index contributed by atoms with van der Waals surface area (Å²) in [6, 6.07) is -0.433. The molecule has 1 aliphatic rings. The molecule has 0 saturated carbocycles. The number of imidazole rings is 1.